The van der Waals surface area contributed by atoms with Crippen LogP contribution in [0.4, 0.5) is 5.82 Å². The van der Waals surface area contributed by atoms with Crippen LogP contribution >= 0.6 is 0 Å². The maximum Gasteiger partial charge on any atom is 0.252 e. The molecule has 0 saturated carbocycles. The smallest absolute Gasteiger partial charge is 0.252 e. The van der Waals surface area contributed by atoms with Crippen molar-refractivity contribution in [3.63, 3.8) is 0 Å². The summed E-state index contributed by atoms with van der Waals surface area (Å²) in [6.45, 7) is 5.52. The third-order valence-electron chi connectivity index (χ3n) is 3.02. The Bertz CT molecular complexity index is 405. The van der Waals surface area contributed by atoms with Crippen molar-refractivity contribution in [1.29, 1.82) is 0 Å². The zero-order valence-corrected chi connectivity index (χ0v) is 9.93. The standard InChI is InChI=1S/C11H19N5O/c12-2-5-15-3-1-4-16(7-6-15)10-8-11(17)14-9-13-10/h8-9H,1-7,12H2,(H,13,14,17). The maximum atomic E-state index is 11.2. The predicted octanol–water partition coefficient (Wildman–Crippen LogP) is -0.759. The summed E-state index contributed by atoms with van der Waals surface area (Å²) in [5, 5.41) is 0. The highest BCUT2D eigenvalue weighted by Crippen LogP contribution is 2.10. The molecule has 1 saturated heterocycles. The fraction of sp³-hybridized carbons (Fsp3) is 0.636. The van der Waals surface area contributed by atoms with Gasteiger partial charge in [-0.1, -0.05) is 0 Å². The van der Waals surface area contributed by atoms with Gasteiger partial charge >= 0.3 is 0 Å². The summed E-state index contributed by atoms with van der Waals surface area (Å²) in [4.78, 5) is 22.5. The van der Waals surface area contributed by atoms with E-state index in [9.17, 15) is 4.79 Å². The van der Waals surface area contributed by atoms with Crippen molar-refractivity contribution in [1.82, 2.24) is 14.9 Å². The first kappa shape index (κ1) is 12.1. The number of aromatic nitrogens is 2. The first-order valence-corrected chi connectivity index (χ1v) is 6.01. The van der Waals surface area contributed by atoms with Gasteiger partial charge in [-0.3, -0.25) is 4.79 Å². The van der Waals surface area contributed by atoms with Crippen LogP contribution in [0.25, 0.3) is 0 Å². The number of rotatable bonds is 3. The molecule has 1 aliphatic rings. The van der Waals surface area contributed by atoms with Crippen molar-refractivity contribution in [2.45, 2.75) is 6.42 Å². The molecule has 0 amide bonds. The molecule has 1 aromatic heterocycles. The Kier molecular flexibility index (Phi) is 4.11. The summed E-state index contributed by atoms with van der Waals surface area (Å²) in [5.74, 6) is 0.767. The lowest BCUT2D eigenvalue weighted by Crippen LogP contribution is -2.34. The monoisotopic (exact) mass is 237 g/mol. The number of anilines is 1. The Labute approximate surface area is 100 Å². The fourth-order valence-corrected chi connectivity index (χ4v) is 2.14. The molecule has 0 spiro atoms. The van der Waals surface area contributed by atoms with Crippen LogP contribution in [0.1, 0.15) is 6.42 Å². The average molecular weight is 237 g/mol. The molecule has 1 aromatic rings. The minimum absolute atomic E-state index is 0.0990. The molecular formula is C11H19N5O. The van der Waals surface area contributed by atoms with Crippen molar-refractivity contribution in [2.24, 2.45) is 5.73 Å². The summed E-state index contributed by atoms with van der Waals surface area (Å²) in [5.41, 5.74) is 5.46. The zero-order valence-electron chi connectivity index (χ0n) is 9.93. The van der Waals surface area contributed by atoms with E-state index in [-0.39, 0.29) is 5.56 Å². The van der Waals surface area contributed by atoms with Gasteiger partial charge < -0.3 is 20.5 Å². The first-order valence-electron chi connectivity index (χ1n) is 6.01. The molecule has 3 N–H and O–H groups in total. The van der Waals surface area contributed by atoms with Gasteiger partial charge in [0.15, 0.2) is 0 Å². The van der Waals surface area contributed by atoms with E-state index < -0.39 is 0 Å². The van der Waals surface area contributed by atoms with E-state index >= 15 is 0 Å². The molecule has 94 valence electrons. The van der Waals surface area contributed by atoms with Gasteiger partial charge in [0.05, 0.1) is 6.33 Å². The van der Waals surface area contributed by atoms with E-state index in [2.05, 4.69) is 19.8 Å². The molecule has 0 aromatic carbocycles. The molecule has 1 aliphatic heterocycles. The molecule has 6 nitrogen and oxygen atoms in total. The van der Waals surface area contributed by atoms with Crippen LogP contribution in [0.15, 0.2) is 17.2 Å². The molecule has 0 unspecified atom stereocenters. The first-order chi connectivity index (χ1) is 8.29. The van der Waals surface area contributed by atoms with E-state index in [0.717, 1.165) is 45.0 Å². The Balaban J connectivity index is 2.01. The van der Waals surface area contributed by atoms with Crippen molar-refractivity contribution in [2.75, 3.05) is 44.2 Å². The van der Waals surface area contributed by atoms with E-state index in [1.165, 1.54) is 6.33 Å². The van der Waals surface area contributed by atoms with E-state index in [4.69, 9.17) is 5.73 Å². The number of nitrogens with one attached hydrogen (secondary N) is 1. The van der Waals surface area contributed by atoms with E-state index in [1.807, 2.05) is 0 Å². The molecule has 2 heterocycles. The number of nitrogens with zero attached hydrogens (tertiary/aromatic N) is 3. The van der Waals surface area contributed by atoms with Crippen LogP contribution in [-0.4, -0.2) is 54.1 Å². The minimum Gasteiger partial charge on any atom is -0.355 e. The number of aromatic amines is 1. The van der Waals surface area contributed by atoms with Crippen LogP contribution in [0.3, 0.4) is 0 Å². The van der Waals surface area contributed by atoms with Crippen molar-refractivity contribution < 1.29 is 0 Å². The average Bonchev–Trinajstić information content (AvgIpc) is 2.55. The van der Waals surface area contributed by atoms with Crippen LogP contribution < -0.4 is 16.2 Å². The molecular weight excluding hydrogens is 218 g/mol. The minimum atomic E-state index is -0.0990. The molecule has 17 heavy (non-hydrogen) atoms. The van der Waals surface area contributed by atoms with E-state index in [1.54, 1.807) is 6.07 Å². The molecule has 0 aliphatic carbocycles. The Morgan fingerprint density at radius 2 is 2.24 bits per heavy atom. The van der Waals surface area contributed by atoms with Gasteiger partial charge in [0.25, 0.3) is 5.56 Å². The normalized spacial score (nSPS) is 18.1. The summed E-state index contributed by atoms with van der Waals surface area (Å²) >= 11 is 0. The number of nitrogens with two attached hydrogens (primary N) is 1. The number of hydrogen-bond donors (Lipinski definition) is 2. The Hall–Kier alpha value is -1.40. The maximum absolute atomic E-state index is 11.2. The molecule has 6 heteroatoms. The lowest BCUT2D eigenvalue weighted by atomic mass is 10.3. The number of H-pyrrole nitrogens is 1. The van der Waals surface area contributed by atoms with Crippen molar-refractivity contribution in [3.05, 3.63) is 22.7 Å². The lowest BCUT2D eigenvalue weighted by molar-refractivity contribution is 0.302. The number of hydrogen-bond acceptors (Lipinski definition) is 5. The van der Waals surface area contributed by atoms with Crippen molar-refractivity contribution in [3.8, 4) is 0 Å². The summed E-state index contributed by atoms with van der Waals surface area (Å²) in [7, 11) is 0. The largest absolute Gasteiger partial charge is 0.355 e. The van der Waals surface area contributed by atoms with Gasteiger partial charge in [-0.15, -0.1) is 0 Å². The molecule has 2 rings (SSSR count). The van der Waals surface area contributed by atoms with Gasteiger partial charge in [0.2, 0.25) is 0 Å². The third kappa shape index (κ3) is 3.28. The second-order valence-corrected chi connectivity index (χ2v) is 4.24. The second kappa shape index (κ2) is 5.79. The van der Waals surface area contributed by atoms with Crippen LogP contribution in [0.5, 0.6) is 0 Å². The molecule has 0 bridgehead atoms. The molecule has 0 radical (unpaired) electrons. The lowest BCUT2D eigenvalue weighted by Gasteiger charge is -2.21. The topological polar surface area (TPSA) is 78.2 Å². The van der Waals surface area contributed by atoms with Crippen LogP contribution in [0.2, 0.25) is 0 Å². The highest BCUT2D eigenvalue weighted by molar-refractivity contribution is 5.36. The Morgan fingerprint density at radius 1 is 1.35 bits per heavy atom. The van der Waals surface area contributed by atoms with E-state index in [0.29, 0.717) is 6.54 Å². The van der Waals surface area contributed by atoms with Gasteiger partial charge in [-0.25, -0.2) is 4.98 Å². The van der Waals surface area contributed by atoms with Gasteiger partial charge in [0.1, 0.15) is 5.82 Å². The zero-order chi connectivity index (χ0) is 12.1. The SMILES string of the molecule is NCCN1CCCN(c2cc(=O)[nH]cn2)CC1. The Morgan fingerprint density at radius 3 is 3.00 bits per heavy atom. The summed E-state index contributed by atoms with van der Waals surface area (Å²) < 4.78 is 0. The fourth-order valence-electron chi connectivity index (χ4n) is 2.14. The van der Waals surface area contributed by atoms with Crippen LogP contribution in [0, 0.1) is 0 Å². The summed E-state index contributed by atoms with van der Waals surface area (Å²) in [6.07, 6.45) is 2.54. The summed E-state index contributed by atoms with van der Waals surface area (Å²) in [6, 6.07) is 1.55. The van der Waals surface area contributed by atoms with Gasteiger partial charge in [-0.05, 0) is 13.0 Å². The molecule has 0 atom stereocenters. The molecule has 1 fully saturated rings. The van der Waals surface area contributed by atoms with Crippen molar-refractivity contribution >= 4 is 5.82 Å². The van der Waals surface area contributed by atoms with Crippen LogP contribution in [-0.2, 0) is 0 Å². The van der Waals surface area contributed by atoms with Gasteiger partial charge in [0, 0.05) is 38.8 Å². The predicted molar refractivity (Wildman–Crippen MR) is 67.2 cm³/mol. The third-order valence-corrected chi connectivity index (χ3v) is 3.02. The highest BCUT2D eigenvalue weighted by Gasteiger charge is 2.15. The quantitative estimate of drug-likeness (QED) is 0.722. The highest BCUT2D eigenvalue weighted by atomic mass is 16.1. The van der Waals surface area contributed by atoms with Gasteiger partial charge in [-0.2, -0.15) is 0 Å². The second-order valence-electron chi connectivity index (χ2n) is 4.24.